The van der Waals surface area contributed by atoms with Crippen LogP contribution in [-0.2, 0) is 0 Å². The molecule has 0 fully saturated rings. The number of hydrogen-bond acceptors (Lipinski definition) is 3. The second kappa shape index (κ2) is 5.61. The minimum Gasteiger partial charge on any atom is -0.508 e. The molecule has 0 saturated carbocycles. The lowest BCUT2D eigenvalue weighted by molar-refractivity contribution is 0.0936. The van der Waals surface area contributed by atoms with Crippen molar-refractivity contribution in [1.29, 1.82) is 0 Å². The van der Waals surface area contributed by atoms with E-state index in [0.717, 1.165) is 0 Å². The van der Waals surface area contributed by atoms with Crippen LogP contribution in [0.5, 0.6) is 11.5 Å². The number of phenolic OH excluding ortho intramolecular Hbond substituents is 2. The van der Waals surface area contributed by atoms with E-state index in [9.17, 15) is 15.0 Å². The van der Waals surface area contributed by atoms with Gasteiger partial charge in [0.2, 0.25) is 0 Å². The molecule has 0 aliphatic heterocycles. The first-order valence-corrected chi connectivity index (χ1v) is 5.50. The molecular formula is C11H14ClNO3. The van der Waals surface area contributed by atoms with Crippen molar-refractivity contribution in [3.8, 4) is 11.5 Å². The third-order valence-electron chi connectivity index (χ3n) is 2.24. The van der Waals surface area contributed by atoms with E-state index in [1.807, 2.05) is 6.92 Å². The minimum absolute atomic E-state index is 0.0450. The van der Waals surface area contributed by atoms with Gasteiger partial charge in [0.15, 0.2) is 0 Å². The monoisotopic (exact) mass is 243 g/mol. The SMILES string of the molecule is CCC(CCl)NC(=O)c1cc(O)ccc1O. The fraction of sp³-hybridized carbons (Fsp3) is 0.364. The van der Waals surface area contributed by atoms with Crippen molar-refractivity contribution in [2.75, 3.05) is 5.88 Å². The number of nitrogens with one attached hydrogen (secondary N) is 1. The second-order valence-corrected chi connectivity index (χ2v) is 3.74. The van der Waals surface area contributed by atoms with Crippen LogP contribution in [0.1, 0.15) is 23.7 Å². The maximum absolute atomic E-state index is 11.7. The van der Waals surface area contributed by atoms with Gasteiger partial charge in [-0.2, -0.15) is 0 Å². The molecule has 0 bridgehead atoms. The summed E-state index contributed by atoms with van der Waals surface area (Å²) in [5.74, 6) is -0.371. The molecule has 0 spiro atoms. The normalized spacial score (nSPS) is 12.1. The van der Waals surface area contributed by atoms with Gasteiger partial charge >= 0.3 is 0 Å². The van der Waals surface area contributed by atoms with Gasteiger partial charge in [-0.15, -0.1) is 11.6 Å². The molecule has 1 atom stereocenters. The Bertz CT molecular complexity index is 377. The van der Waals surface area contributed by atoms with Gasteiger partial charge in [-0.25, -0.2) is 0 Å². The zero-order valence-corrected chi connectivity index (χ0v) is 9.66. The highest BCUT2D eigenvalue weighted by molar-refractivity contribution is 6.18. The maximum atomic E-state index is 11.7. The van der Waals surface area contributed by atoms with Crippen LogP contribution in [-0.4, -0.2) is 28.0 Å². The number of aromatic hydroxyl groups is 2. The van der Waals surface area contributed by atoms with Crippen molar-refractivity contribution in [3.05, 3.63) is 23.8 Å². The van der Waals surface area contributed by atoms with Gasteiger partial charge in [0.25, 0.3) is 5.91 Å². The molecule has 1 unspecified atom stereocenters. The summed E-state index contributed by atoms with van der Waals surface area (Å²) in [5.41, 5.74) is 0.0450. The molecular weight excluding hydrogens is 230 g/mol. The largest absolute Gasteiger partial charge is 0.508 e. The van der Waals surface area contributed by atoms with Crippen molar-refractivity contribution in [2.24, 2.45) is 0 Å². The molecule has 0 saturated heterocycles. The van der Waals surface area contributed by atoms with Crippen molar-refractivity contribution >= 4 is 17.5 Å². The maximum Gasteiger partial charge on any atom is 0.255 e. The molecule has 1 aromatic rings. The third-order valence-corrected chi connectivity index (χ3v) is 2.61. The molecule has 1 aromatic carbocycles. The van der Waals surface area contributed by atoms with Crippen LogP contribution in [0.2, 0.25) is 0 Å². The molecule has 0 heterocycles. The van der Waals surface area contributed by atoms with E-state index in [-0.39, 0.29) is 23.1 Å². The Balaban J connectivity index is 2.83. The third kappa shape index (κ3) is 3.03. The summed E-state index contributed by atoms with van der Waals surface area (Å²) >= 11 is 5.64. The van der Waals surface area contributed by atoms with Crippen LogP contribution < -0.4 is 5.32 Å². The fourth-order valence-corrected chi connectivity index (χ4v) is 1.51. The molecule has 1 rings (SSSR count). The number of benzene rings is 1. The lowest BCUT2D eigenvalue weighted by atomic mass is 10.1. The number of halogens is 1. The minimum atomic E-state index is -0.444. The van der Waals surface area contributed by atoms with Crippen molar-refractivity contribution in [2.45, 2.75) is 19.4 Å². The van der Waals surface area contributed by atoms with Crippen LogP contribution >= 0.6 is 11.6 Å². The number of hydrogen-bond donors (Lipinski definition) is 3. The summed E-state index contributed by atoms with van der Waals surface area (Å²) in [5, 5.41) is 21.3. The highest BCUT2D eigenvalue weighted by Crippen LogP contribution is 2.21. The quantitative estimate of drug-likeness (QED) is 0.558. The molecule has 16 heavy (non-hydrogen) atoms. The molecule has 3 N–H and O–H groups in total. The second-order valence-electron chi connectivity index (χ2n) is 3.43. The predicted octanol–water partition coefficient (Wildman–Crippen LogP) is 1.85. The van der Waals surface area contributed by atoms with Gasteiger partial charge in [0.1, 0.15) is 11.5 Å². The Kier molecular flexibility index (Phi) is 4.43. The molecule has 0 aliphatic carbocycles. The number of rotatable bonds is 4. The van der Waals surface area contributed by atoms with Gasteiger partial charge in [-0.1, -0.05) is 6.92 Å². The highest BCUT2D eigenvalue weighted by Gasteiger charge is 2.15. The Morgan fingerprint density at radius 3 is 2.75 bits per heavy atom. The number of carbonyl (C=O) groups is 1. The summed E-state index contributed by atoms with van der Waals surface area (Å²) in [4.78, 5) is 11.7. The van der Waals surface area contributed by atoms with Gasteiger partial charge in [0.05, 0.1) is 5.56 Å². The van der Waals surface area contributed by atoms with Gasteiger partial charge in [-0.3, -0.25) is 4.79 Å². The molecule has 1 amide bonds. The van der Waals surface area contributed by atoms with Crippen molar-refractivity contribution in [3.63, 3.8) is 0 Å². The lowest BCUT2D eigenvalue weighted by Gasteiger charge is -2.14. The van der Waals surface area contributed by atoms with Gasteiger partial charge in [0, 0.05) is 11.9 Å². The van der Waals surface area contributed by atoms with Crippen LogP contribution in [0.25, 0.3) is 0 Å². The molecule has 0 aliphatic rings. The topological polar surface area (TPSA) is 69.6 Å². The van der Waals surface area contributed by atoms with E-state index in [2.05, 4.69) is 5.32 Å². The Morgan fingerprint density at radius 2 is 2.19 bits per heavy atom. The Morgan fingerprint density at radius 1 is 1.50 bits per heavy atom. The predicted molar refractivity (Wildman–Crippen MR) is 62.0 cm³/mol. The summed E-state index contributed by atoms with van der Waals surface area (Å²) < 4.78 is 0. The van der Waals surface area contributed by atoms with Crippen LogP contribution in [0, 0.1) is 0 Å². The summed E-state index contributed by atoms with van der Waals surface area (Å²) in [6, 6.07) is 3.65. The van der Waals surface area contributed by atoms with E-state index in [1.54, 1.807) is 0 Å². The van der Waals surface area contributed by atoms with E-state index in [0.29, 0.717) is 12.3 Å². The molecule has 5 heteroatoms. The standard InChI is InChI=1S/C11H14ClNO3/c1-2-7(6-12)13-11(16)9-5-8(14)3-4-10(9)15/h3-5,7,14-15H,2,6H2,1H3,(H,13,16). The Labute approximate surface area is 98.9 Å². The number of carbonyl (C=O) groups excluding carboxylic acids is 1. The molecule has 88 valence electrons. The van der Waals surface area contributed by atoms with Crippen LogP contribution in [0.15, 0.2) is 18.2 Å². The lowest BCUT2D eigenvalue weighted by Crippen LogP contribution is -2.35. The first-order chi connectivity index (χ1) is 7.58. The Hall–Kier alpha value is -1.42. The van der Waals surface area contributed by atoms with E-state index in [4.69, 9.17) is 11.6 Å². The first kappa shape index (κ1) is 12.6. The van der Waals surface area contributed by atoms with E-state index < -0.39 is 5.91 Å². The number of amides is 1. The zero-order chi connectivity index (χ0) is 12.1. The average molecular weight is 244 g/mol. The first-order valence-electron chi connectivity index (χ1n) is 4.97. The van der Waals surface area contributed by atoms with E-state index in [1.165, 1.54) is 18.2 Å². The van der Waals surface area contributed by atoms with Crippen molar-refractivity contribution < 1.29 is 15.0 Å². The zero-order valence-electron chi connectivity index (χ0n) is 8.90. The molecule has 4 nitrogen and oxygen atoms in total. The summed E-state index contributed by atoms with van der Waals surface area (Å²) in [6.45, 7) is 1.90. The van der Waals surface area contributed by atoms with Crippen molar-refractivity contribution in [1.82, 2.24) is 5.32 Å². The average Bonchev–Trinajstić information content (AvgIpc) is 2.28. The highest BCUT2D eigenvalue weighted by atomic mass is 35.5. The molecule has 0 aromatic heterocycles. The van der Waals surface area contributed by atoms with Gasteiger partial charge < -0.3 is 15.5 Å². The fourth-order valence-electron chi connectivity index (χ4n) is 1.22. The number of phenols is 2. The van der Waals surface area contributed by atoms with Gasteiger partial charge in [-0.05, 0) is 24.6 Å². The number of alkyl halides is 1. The smallest absolute Gasteiger partial charge is 0.255 e. The van der Waals surface area contributed by atoms with Crippen LogP contribution in [0.3, 0.4) is 0 Å². The summed E-state index contributed by atoms with van der Waals surface area (Å²) in [7, 11) is 0. The van der Waals surface area contributed by atoms with E-state index >= 15 is 0 Å². The van der Waals surface area contributed by atoms with Crippen LogP contribution in [0.4, 0.5) is 0 Å². The summed E-state index contributed by atoms with van der Waals surface area (Å²) in [6.07, 6.45) is 0.703. The molecule has 0 radical (unpaired) electrons.